The summed E-state index contributed by atoms with van der Waals surface area (Å²) in [5.74, 6) is 0. The van der Waals surface area contributed by atoms with E-state index in [9.17, 15) is 13.2 Å². The van der Waals surface area contributed by atoms with Crippen molar-refractivity contribution >= 4 is 12.1 Å². The Morgan fingerprint density at radius 2 is 1.96 bits per heavy atom. The van der Waals surface area contributed by atoms with Crippen molar-refractivity contribution in [2.45, 2.75) is 44.5 Å². The highest BCUT2D eigenvalue weighted by molar-refractivity contribution is 7.94. The van der Waals surface area contributed by atoms with Crippen LogP contribution in [0.1, 0.15) is 36.9 Å². The van der Waals surface area contributed by atoms with E-state index in [-0.39, 0.29) is 11.2 Å². The van der Waals surface area contributed by atoms with Gasteiger partial charge in [0.05, 0.1) is 12.2 Å². The molecule has 7 heteroatoms. The van der Waals surface area contributed by atoms with Crippen LogP contribution in [-0.4, -0.2) is 46.6 Å². The number of ether oxygens (including phenoxy) is 1. The van der Waals surface area contributed by atoms with Crippen molar-refractivity contribution in [1.82, 2.24) is 8.61 Å². The van der Waals surface area contributed by atoms with Crippen LogP contribution in [0.2, 0.25) is 0 Å². The summed E-state index contributed by atoms with van der Waals surface area (Å²) in [6, 6.07) is 5.03. The number of rotatable bonds is 5. The van der Waals surface area contributed by atoms with Gasteiger partial charge in [-0.2, -0.15) is 13.2 Å². The van der Waals surface area contributed by atoms with E-state index in [0.717, 1.165) is 18.4 Å². The lowest BCUT2D eigenvalue weighted by molar-refractivity contribution is -0.172. The normalized spacial score (nSPS) is 22.1. The quantitative estimate of drug-likeness (QED) is 0.725. The molecule has 1 aliphatic carbocycles. The molecule has 1 saturated heterocycles. The van der Waals surface area contributed by atoms with Crippen molar-refractivity contribution in [2.75, 3.05) is 26.2 Å². The third kappa shape index (κ3) is 4.07. The maximum absolute atomic E-state index is 13.8. The number of hydrogen-bond donors (Lipinski definition) is 0. The molecular formula is C17H23F3N2OS. The highest BCUT2D eigenvalue weighted by Crippen LogP contribution is 2.46. The summed E-state index contributed by atoms with van der Waals surface area (Å²) >= 11 is 1.21. The first-order chi connectivity index (χ1) is 11.3. The number of nitrogens with zero attached hydrogens (tertiary/aromatic N) is 2. The first-order valence-corrected chi connectivity index (χ1v) is 9.03. The van der Waals surface area contributed by atoms with Crippen LogP contribution >= 0.6 is 12.1 Å². The number of hydrogen-bond acceptors (Lipinski definition) is 4. The zero-order valence-electron chi connectivity index (χ0n) is 14.0. The van der Waals surface area contributed by atoms with Crippen LogP contribution < -0.4 is 0 Å². The van der Waals surface area contributed by atoms with Crippen LogP contribution in [0.25, 0.3) is 0 Å². The molecule has 0 bridgehead atoms. The Labute approximate surface area is 145 Å². The van der Waals surface area contributed by atoms with Gasteiger partial charge in [0.2, 0.25) is 0 Å². The van der Waals surface area contributed by atoms with Gasteiger partial charge in [-0.15, -0.1) is 0 Å². The van der Waals surface area contributed by atoms with E-state index >= 15 is 0 Å². The van der Waals surface area contributed by atoms with E-state index < -0.39 is 12.2 Å². The smallest absolute Gasteiger partial charge is 0.372 e. The average Bonchev–Trinajstić information content (AvgIpc) is 3.26. The molecule has 1 aromatic carbocycles. The molecule has 1 saturated carbocycles. The van der Waals surface area contributed by atoms with Crippen LogP contribution in [0.3, 0.4) is 0 Å². The maximum atomic E-state index is 13.8. The molecule has 0 radical (unpaired) electrons. The van der Waals surface area contributed by atoms with Gasteiger partial charge < -0.3 is 4.74 Å². The summed E-state index contributed by atoms with van der Waals surface area (Å²) in [6.45, 7) is 5.90. The van der Waals surface area contributed by atoms with Gasteiger partial charge in [0.25, 0.3) is 0 Å². The molecule has 24 heavy (non-hydrogen) atoms. The number of halogens is 3. The fraction of sp³-hybridized carbons (Fsp3) is 0.647. The van der Waals surface area contributed by atoms with Gasteiger partial charge in [-0.05, 0) is 25.3 Å². The summed E-state index contributed by atoms with van der Waals surface area (Å²) in [6.07, 6.45) is -2.30. The van der Waals surface area contributed by atoms with E-state index in [4.69, 9.17) is 4.74 Å². The molecule has 2 aliphatic rings. The number of benzene rings is 1. The molecule has 1 atom stereocenters. The molecule has 3 rings (SSSR count). The summed E-state index contributed by atoms with van der Waals surface area (Å²) < 4.78 is 50.5. The molecule has 1 aliphatic heterocycles. The molecule has 2 fully saturated rings. The van der Waals surface area contributed by atoms with Crippen LogP contribution in [0.4, 0.5) is 13.2 Å². The second-order valence-corrected chi connectivity index (χ2v) is 7.71. The SMILES string of the molecule is CCN(SN1CCOC2(CC2)C1)[C@H](c1ccc(C)cc1)C(F)(F)F. The Bertz CT molecular complexity index is 560. The molecule has 1 spiro atoms. The minimum Gasteiger partial charge on any atom is -0.372 e. The Kier molecular flexibility index (Phi) is 5.16. The largest absolute Gasteiger partial charge is 0.409 e. The van der Waals surface area contributed by atoms with Gasteiger partial charge in [-0.1, -0.05) is 36.8 Å². The molecule has 1 heterocycles. The Balaban J connectivity index is 1.77. The molecule has 0 aromatic heterocycles. The van der Waals surface area contributed by atoms with Crippen molar-refractivity contribution in [3.63, 3.8) is 0 Å². The van der Waals surface area contributed by atoms with Crippen molar-refractivity contribution < 1.29 is 17.9 Å². The lowest BCUT2D eigenvalue weighted by Gasteiger charge is -2.38. The number of morpholine rings is 1. The van der Waals surface area contributed by atoms with Gasteiger partial charge in [-0.25, -0.2) is 8.61 Å². The zero-order chi connectivity index (χ0) is 17.4. The second-order valence-electron chi connectivity index (χ2n) is 6.56. The molecule has 0 N–H and O–H groups in total. The average molecular weight is 360 g/mol. The van der Waals surface area contributed by atoms with Crippen molar-refractivity contribution in [3.8, 4) is 0 Å². The molecule has 3 nitrogen and oxygen atoms in total. The molecule has 134 valence electrons. The highest BCUT2D eigenvalue weighted by atomic mass is 32.2. The first-order valence-electron chi connectivity index (χ1n) is 8.30. The topological polar surface area (TPSA) is 15.7 Å². The van der Waals surface area contributed by atoms with Crippen LogP contribution in [0.5, 0.6) is 0 Å². The minimum absolute atomic E-state index is 0.0950. The minimum atomic E-state index is -4.32. The third-order valence-corrected chi connectivity index (χ3v) is 5.77. The van der Waals surface area contributed by atoms with Crippen LogP contribution in [0, 0.1) is 6.92 Å². The summed E-state index contributed by atoms with van der Waals surface area (Å²) in [7, 11) is 0. The molecule has 0 unspecified atom stereocenters. The number of alkyl halides is 3. The Morgan fingerprint density at radius 3 is 2.50 bits per heavy atom. The standard InChI is InChI=1S/C17H23F3N2OS/c1-3-22(24-21-10-11-23-16(12-21)8-9-16)15(17(18,19)20)14-6-4-13(2)5-7-14/h4-7,15H,3,8-12H2,1-2H3/t15-/m1/s1. The summed E-state index contributed by atoms with van der Waals surface area (Å²) in [4.78, 5) is 0. The zero-order valence-corrected chi connectivity index (χ0v) is 14.8. The number of aryl methyl sites for hydroxylation is 1. The van der Waals surface area contributed by atoms with Crippen LogP contribution in [-0.2, 0) is 4.74 Å². The van der Waals surface area contributed by atoms with Crippen LogP contribution in [0.15, 0.2) is 24.3 Å². The lowest BCUT2D eigenvalue weighted by Crippen LogP contribution is -2.44. The second kappa shape index (κ2) is 6.86. The molecular weight excluding hydrogens is 337 g/mol. The first kappa shape index (κ1) is 18.0. The van der Waals surface area contributed by atoms with E-state index in [1.165, 1.54) is 16.4 Å². The lowest BCUT2D eigenvalue weighted by atomic mass is 10.0. The van der Waals surface area contributed by atoms with Gasteiger partial charge in [-0.3, -0.25) is 0 Å². The summed E-state index contributed by atoms with van der Waals surface area (Å²) in [5.41, 5.74) is 1.15. The van der Waals surface area contributed by atoms with Crippen molar-refractivity contribution in [2.24, 2.45) is 0 Å². The predicted molar refractivity (Wildman–Crippen MR) is 89.4 cm³/mol. The molecule has 0 amide bonds. The van der Waals surface area contributed by atoms with Gasteiger partial charge in [0, 0.05) is 31.8 Å². The fourth-order valence-electron chi connectivity index (χ4n) is 3.02. The maximum Gasteiger partial charge on any atom is 0.409 e. The Morgan fingerprint density at radius 1 is 1.29 bits per heavy atom. The third-order valence-electron chi connectivity index (χ3n) is 4.54. The van der Waals surface area contributed by atoms with Gasteiger partial charge in [0.1, 0.15) is 6.04 Å². The summed E-state index contributed by atoms with van der Waals surface area (Å²) in [5, 5.41) is 0. The van der Waals surface area contributed by atoms with E-state index in [0.29, 0.717) is 26.2 Å². The van der Waals surface area contributed by atoms with Crippen molar-refractivity contribution in [1.29, 1.82) is 0 Å². The van der Waals surface area contributed by atoms with E-state index in [1.54, 1.807) is 31.2 Å². The van der Waals surface area contributed by atoms with Gasteiger partial charge in [0.15, 0.2) is 0 Å². The van der Waals surface area contributed by atoms with Gasteiger partial charge >= 0.3 is 6.18 Å². The van der Waals surface area contributed by atoms with E-state index in [1.807, 2.05) is 11.2 Å². The Hall–Kier alpha value is -0.760. The molecule has 1 aromatic rings. The fourth-order valence-corrected chi connectivity index (χ4v) is 4.22. The van der Waals surface area contributed by atoms with E-state index in [2.05, 4.69) is 0 Å². The monoisotopic (exact) mass is 360 g/mol. The highest BCUT2D eigenvalue weighted by Gasteiger charge is 2.49. The van der Waals surface area contributed by atoms with Crippen molar-refractivity contribution in [3.05, 3.63) is 35.4 Å². The predicted octanol–water partition coefficient (Wildman–Crippen LogP) is 4.35.